The average Bonchev–Trinajstić information content (AvgIpc) is 3.57. The quantitative estimate of drug-likeness (QED) is 0.163. The van der Waals surface area contributed by atoms with Crippen LogP contribution in [0.3, 0.4) is 0 Å². The molecule has 3 atom stereocenters. The van der Waals surface area contributed by atoms with Gasteiger partial charge in [0.05, 0.1) is 0 Å². The number of hydrogen-bond acceptors (Lipinski definition) is 5. The van der Waals surface area contributed by atoms with E-state index >= 15 is 0 Å². The molecule has 46 heavy (non-hydrogen) atoms. The fourth-order valence-corrected chi connectivity index (χ4v) is 7.87. The van der Waals surface area contributed by atoms with Crippen LogP contribution in [0.25, 0.3) is 5.32 Å². The minimum atomic E-state index is -1.59. The van der Waals surface area contributed by atoms with E-state index < -0.39 is 23.7 Å². The molecule has 3 aromatic heterocycles. The van der Waals surface area contributed by atoms with Crippen LogP contribution in [0.4, 0.5) is 0 Å². The van der Waals surface area contributed by atoms with E-state index in [9.17, 15) is 24.9 Å². The van der Waals surface area contributed by atoms with Crippen molar-refractivity contribution < 1.29 is 42.0 Å². The molecule has 2 aliphatic heterocycles. The van der Waals surface area contributed by atoms with Crippen LogP contribution in [-0.2, 0) is 65.2 Å². The number of carboxylic acid groups (broad SMARTS) is 2. The summed E-state index contributed by atoms with van der Waals surface area (Å²) in [6.45, 7) is 13.9. The van der Waals surface area contributed by atoms with E-state index in [4.69, 9.17) is 32.9 Å². The smallest absolute Gasteiger partial charge is 0.664 e. The zero-order chi connectivity index (χ0) is 33.0. The molecular formula is C34H40FeN4O5S2. The van der Waals surface area contributed by atoms with Gasteiger partial charge in [-0.1, -0.05) is 52.0 Å². The molecule has 2 aliphatic rings. The maximum absolute atomic E-state index is 12.1. The topological polar surface area (TPSA) is 151 Å². The molecule has 9 nitrogen and oxygen atoms in total. The molecular weight excluding hydrogens is 664 g/mol. The molecule has 0 saturated carbocycles. The van der Waals surface area contributed by atoms with Crippen LogP contribution < -0.4 is 15.0 Å². The number of aromatic nitrogens is 3. The van der Waals surface area contributed by atoms with Crippen molar-refractivity contribution in [2.24, 2.45) is 0 Å². The molecule has 3 N–H and O–H groups in total. The first-order valence-corrected chi connectivity index (χ1v) is 16.2. The van der Waals surface area contributed by atoms with Crippen LogP contribution in [0.15, 0.2) is 22.6 Å². The molecule has 0 aliphatic carbocycles. The van der Waals surface area contributed by atoms with Gasteiger partial charge in [0.25, 0.3) is 0 Å². The van der Waals surface area contributed by atoms with Gasteiger partial charge in [-0.15, -0.1) is 18.7 Å². The van der Waals surface area contributed by atoms with Gasteiger partial charge in [-0.3, -0.25) is 9.59 Å². The zero-order valence-electron chi connectivity index (χ0n) is 26.7. The predicted octanol–water partition coefficient (Wildman–Crippen LogP) is 4.99. The maximum Gasteiger partial charge on any atom is 4.00 e. The van der Waals surface area contributed by atoms with E-state index in [1.54, 1.807) is 0 Å². The van der Waals surface area contributed by atoms with Crippen molar-refractivity contribution in [1.29, 1.82) is 0 Å². The molecule has 5 heterocycles. The third-order valence-corrected chi connectivity index (χ3v) is 9.93. The largest absolute Gasteiger partial charge is 4.00 e. The number of carbonyl (C=O) groups is 2. The fraction of sp³-hybridized carbons (Fsp3) is 0.471. The summed E-state index contributed by atoms with van der Waals surface area (Å²) < 4.78 is 0. The first kappa shape index (κ1) is 36.2. The Morgan fingerprint density at radius 1 is 0.870 bits per heavy atom. The Morgan fingerprint density at radius 3 is 1.89 bits per heavy atom. The summed E-state index contributed by atoms with van der Waals surface area (Å²) in [6.07, 6.45) is 1.86. The monoisotopic (exact) mass is 704 g/mol. The second-order valence-corrected chi connectivity index (χ2v) is 13.7. The summed E-state index contributed by atoms with van der Waals surface area (Å²) in [7, 11) is 0. The molecule has 0 aromatic carbocycles. The van der Waals surface area contributed by atoms with Crippen LogP contribution in [0.2, 0.25) is 0 Å². The number of aliphatic carboxylic acids is 2. The Balaban J connectivity index is 0.00000480. The normalized spacial score (nSPS) is 20.0. The van der Waals surface area contributed by atoms with Crippen molar-refractivity contribution >= 4 is 37.2 Å². The Morgan fingerprint density at radius 2 is 1.37 bits per heavy atom. The molecule has 0 radical (unpaired) electrons. The predicted molar refractivity (Wildman–Crippen MR) is 179 cm³/mol. The summed E-state index contributed by atoms with van der Waals surface area (Å²) in [4.78, 5) is 38.8. The van der Waals surface area contributed by atoms with Crippen molar-refractivity contribution in [3.63, 3.8) is 0 Å². The number of rotatable bonds is 8. The maximum atomic E-state index is 12.1. The summed E-state index contributed by atoms with van der Waals surface area (Å²) in [5, 5.41) is 36.0. The van der Waals surface area contributed by atoms with Crippen LogP contribution >= 0.6 is 25.3 Å². The van der Waals surface area contributed by atoms with Gasteiger partial charge in [0.15, 0.2) is 0 Å². The van der Waals surface area contributed by atoms with E-state index in [2.05, 4.69) is 19.2 Å². The van der Waals surface area contributed by atoms with Gasteiger partial charge in [-0.2, -0.15) is 46.8 Å². The Bertz CT molecular complexity index is 1730. The molecule has 5 rings (SSSR count). The van der Waals surface area contributed by atoms with Gasteiger partial charge in [0.1, 0.15) is 0 Å². The molecule has 12 heteroatoms. The van der Waals surface area contributed by atoms with E-state index in [0.29, 0.717) is 42.6 Å². The van der Waals surface area contributed by atoms with Crippen LogP contribution in [-0.4, -0.2) is 39.0 Å². The first-order chi connectivity index (χ1) is 21.1. The molecule has 1 unspecified atom stereocenters. The third-order valence-electron chi connectivity index (χ3n) is 9.44. The number of nitrogens with zero attached hydrogens (tertiary/aromatic N) is 4. The Labute approximate surface area is 291 Å². The van der Waals surface area contributed by atoms with Crippen molar-refractivity contribution in [3.8, 4) is 0 Å². The number of fused-ring (bicyclic) bond motifs is 8. The molecule has 0 fully saturated rings. The number of thiol groups is 2. The Hall–Kier alpha value is -2.60. The summed E-state index contributed by atoms with van der Waals surface area (Å²) >= 11 is 9.36. The van der Waals surface area contributed by atoms with Crippen LogP contribution in [0.1, 0.15) is 99.5 Å². The van der Waals surface area contributed by atoms with Gasteiger partial charge in [-0.25, -0.2) is 0 Å². The van der Waals surface area contributed by atoms with Crippen molar-refractivity contribution in [2.45, 2.75) is 103 Å². The molecule has 3 aromatic rings. The van der Waals surface area contributed by atoms with Crippen molar-refractivity contribution in [1.82, 2.24) is 15.0 Å². The van der Waals surface area contributed by atoms with Gasteiger partial charge in [0.2, 0.25) is 0 Å². The number of carboxylic acids is 2. The van der Waals surface area contributed by atoms with Crippen LogP contribution in [0.5, 0.6) is 0 Å². The molecule has 0 spiro atoms. The SMILES string of the molecule is C=C(S)C1=C(C)C2Cc3[n-]c(c(CCC(=O)O)c3C)Cc3[n-]c(c(C)c3CCC(=O)O)Cc3[n-]c(c(C)c3[C@H](C)S)C[C@]1(O)[N-]2.[Fe+4]. The van der Waals surface area contributed by atoms with Gasteiger partial charge < -0.3 is 35.6 Å². The van der Waals surface area contributed by atoms with E-state index in [1.807, 2.05) is 34.6 Å². The zero-order valence-corrected chi connectivity index (χ0v) is 29.6. The van der Waals surface area contributed by atoms with Gasteiger partial charge in [0, 0.05) is 28.7 Å². The minimum absolute atomic E-state index is 0. The Kier molecular flexibility index (Phi) is 10.9. The first-order valence-electron chi connectivity index (χ1n) is 15.2. The minimum Gasteiger partial charge on any atom is -0.664 e. The van der Waals surface area contributed by atoms with E-state index in [-0.39, 0.29) is 41.6 Å². The third kappa shape index (κ3) is 6.84. The van der Waals surface area contributed by atoms with Gasteiger partial charge in [-0.05, 0) is 72.3 Å². The molecule has 8 bridgehead atoms. The molecule has 246 valence electrons. The van der Waals surface area contributed by atoms with Gasteiger partial charge >= 0.3 is 29.0 Å². The molecule has 0 saturated heterocycles. The van der Waals surface area contributed by atoms with Crippen LogP contribution in [0, 0.1) is 20.8 Å². The summed E-state index contributed by atoms with van der Waals surface area (Å²) in [5.41, 5.74) is 9.95. The van der Waals surface area contributed by atoms with Crippen molar-refractivity contribution in [2.75, 3.05) is 0 Å². The fourth-order valence-electron chi connectivity index (χ4n) is 7.17. The second-order valence-electron chi connectivity index (χ2n) is 12.4. The van der Waals surface area contributed by atoms with Crippen molar-refractivity contribution in [3.05, 3.63) is 95.5 Å². The van der Waals surface area contributed by atoms with E-state index in [0.717, 1.165) is 73.1 Å². The molecule has 0 amide bonds. The average molecular weight is 705 g/mol. The summed E-state index contributed by atoms with van der Waals surface area (Å²) in [6, 6.07) is -0.398. The summed E-state index contributed by atoms with van der Waals surface area (Å²) in [5.74, 6) is -1.79. The second kappa shape index (κ2) is 13.9. The number of aliphatic hydroxyl groups is 1. The number of hydrogen-bond donors (Lipinski definition) is 5. The van der Waals surface area contributed by atoms with E-state index in [1.165, 1.54) is 0 Å². The standard InChI is InChI=1S/C34H40N4O5S2.Fe/c1-15-21(7-9-30(39)40)26-13-27-22(8-10-31(41)42)16(2)24(36-27)12-28-32(19(5)44)17(3)29(37-28)14-34(43)33(20(6)45)18(4)25(38-34)11-23(15)35-26;/h19,25,43-45H,6-14H2,1-5H3,(H,39,40)(H,41,42);/q-4;+4/t19-,25?,34+;/m0./s1.